The van der Waals surface area contributed by atoms with Gasteiger partial charge >= 0.3 is 5.97 Å². The molecule has 1 saturated carbocycles. The number of pyridine rings is 1. The van der Waals surface area contributed by atoms with E-state index in [2.05, 4.69) is 37.3 Å². The van der Waals surface area contributed by atoms with Gasteiger partial charge < -0.3 is 10.5 Å². The largest absolute Gasteiger partial charge is 0.463 e. The summed E-state index contributed by atoms with van der Waals surface area (Å²) in [7, 11) is 0. The third kappa shape index (κ3) is 4.44. The summed E-state index contributed by atoms with van der Waals surface area (Å²) >= 11 is 0. The van der Waals surface area contributed by atoms with E-state index in [1.54, 1.807) is 13.0 Å². The lowest BCUT2D eigenvalue weighted by Crippen LogP contribution is -2.08. The van der Waals surface area contributed by atoms with Crippen LogP contribution in [-0.4, -0.2) is 17.6 Å². The lowest BCUT2D eigenvalue weighted by atomic mass is 9.91. The first-order chi connectivity index (χ1) is 14.6. The lowest BCUT2D eigenvalue weighted by molar-refractivity contribution is -0.137. The number of ether oxygens (including phenoxy) is 1. The highest BCUT2D eigenvalue weighted by Crippen LogP contribution is 2.38. The Labute approximate surface area is 177 Å². The van der Waals surface area contributed by atoms with Crippen LogP contribution in [0.15, 0.2) is 48.5 Å². The number of aryl methyl sites for hydroxylation is 1. The molecule has 2 N–H and O–H groups in total. The quantitative estimate of drug-likeness (QED) is 0.437. The number of esters is 1. The van der Waals surface area contributed by atoms with Crippen molar-refractivity contribution < 1.29 is 9.53 Å². The van der Waals surface area contributed by atoms with Crippen molar-refractivity contribution in [2.24, 2.45) is 11.7 Å². The van der Waals surface area contributed by atoms with Gasteiger partial charge in [0.25, 0.3) is 0 Å². The number of nitrogens with zero attached hydrogens (tertiary/aromatic N) is 1. The van der Waals surface area contributed by atoms with Gasteiger partial charge in [0, 0.05) is 23.7 Å². The van der Waals surface area contributed by atoms with E-state index in [1.165, 1.54) is 24.5 Å². The summed E-state index contributed by atoms with van der Waals surface area (Å²) in [4.78, 5) is 16.7. The number of carbonyl (C=O) groups is 1. The number of nitrogens with two attached hydrogens (primary N) is 1. The van der Waals surface area contributed by atoms with E-state index in [1.807, 2.05) is 12.1 Å². The zero-order valence-corrected chi connectivity index (χ0v) is 17.7. The second-order valence-electron chi connectivity index (χ2n) is 7.99. The van der Waals surface area contributed by atoms with Crippen LogP contribution in [0.3, 0.4) is 0 Å². The molecule has 0 aliphatic heterocycles. The molecule has 154 valence electrons. The van der Waals surface area contributed by atoms with Crippen LogP contribution in [0.4, 0.5) is 0 Å². The van der Waals surface area contributed by atoms with Gasteiger partial charge in [0.15, 0.2) is 0 Å². The second-order valence-corrected chi connectivity index (χ2v) is 7.99. The van der Waals surface area contributed by atoms with Crippen LogP contribution in [0.1, 0.15) is 42.1 Å². The van der Waals surface area contributed by atoms with Crippen molar-refractivity contribution in [2.45, 2.75) is 39.7 Å². The van der Waals surface area contributed by atoms with Gasteiger partial charge in [-0.3, -0.25) is 4.98 Å². The Morgan fingerprint density at radius 1 is 1.20 bits per heavy atom. The van der Waals surface area contributed by atoms with E-state index < -0.39 is 0 Å². The number of carbonyl (C=O) groups excluding carboxylic acids is 1. The predicted molar refractivity (Wildman–Crippen MR) is 122 cm³/mol. The van der Waals surface area contributed by atoms with E-state index in [-0.39, 0.29) is 5.97 Å². The molecule has 2 aromatic carbocycles. The second kappa shape index (κ2) is 8.80. The molecule has 30 heavy (non-hydrogen) atoms. The molecule has 1 aromatic heterocycles. The summed E-state index contributed by atoms with van der Waals surface area (Å²) in [5.74, 6) is 0.398. The van der Waals surface area contributed by atoms with Gasteiger partial charge in [0.05, 0.1) is 12.1 Å². The summed E-state index contributed by atoms with van der Waals surface area (Å²) in [6, 6.07) is 14.7. The molecule has 0 saturated heterocycles. The Morgan fingerprint density at radius 3 is 2.63 bits per heavy atom. The maximum atomic E-state index is 11.7. The molecular weight excluding hydrogens is 372 g/mol. The molecule has 0 bridgehead atoms. The SMILES string of the molecule is CCOC(=O)C=Cc1ccc2nc(CC3CC3)c(CN)c(-c3ccc(C)cc3)c2c1. The summed E-state index contributed by atoms with van der Waals surface area (Å²) in [5, 5.41) is 1.06. The molecule has 4 heteroatoms. The maximum absolute atomic E-state index is 11.7. The molecule has 4 nitrogen and oxygen atoms in total. The first kappa shape index (κ1) is 20.3. The van der Waals surface area contributed by atoms with Crippen LogP contribution in [0, 0.1) is 12.8 Å². The maximum Gasteiger partial charge on any atom is 0.330 e. The average Bonchev–Trinajstić information content (AvgIpc) is 3.56. The highest BCUT2D eigenvalue weighted by atomic mass is 16.5. The van der Waals surface area contributed by atoms with Crippen LogP contribution >= 0.6 is 0 Å². The van der Waals surface area contributed by atoms with Crippen molar-refractivity contribution in [3.05, 3.63) is 70.9 Å². The first-order valence-electron chi connectivity index (χ1n) is 10.7. The molecule has 1 aliphatic rings. The van der Waals surface area contributed by atoms with E-state index in [0.29, 0.717) is 13.2 Å². The molecule has 4 rings (SSSR count). The molecule has 3 aromatic rings. The van der Waals surface area contributed by atoms with Crippen molar-refractivity contribution in [1.82, 2.24) is 4.98 Å². The van der Waals surface area contributed by atoms with Crippen molar-refractivity contribution >= 4 is 22.9 Å². The van der Waals surface area contributed by atoms with Crippen LogP contribution in [-0.2, 0) is 22.5 Å². The number of aromatic nitrogens is 1. The Balaban J connectivity index is 1.87. The number of rotatable bonds is 7. The third-order valence-corrected chi connectivity index (χ3v) is 5.62. The lowest BCUT2D eigenvalue weighted by Gasteiger charge is -2.17. The zero-order chi connectivity index (χ0) is 21.1. The van der Waals surface area contributed by atoms with Crippen molar-refractivity contribution in [1.29, 1.82) is 0 Å². The first-order valence-corrected chi connectivity index (χ1v) is 10.7. The summed E-state index contributed by atoms with van der Waals surface area (Å²) in [6.45, 7) is 4.72. The van der Waals surface area contributed by atoms with Crippen molar-refractivity contribution in [2.75, 3.05) is 6.61 Å². The Hall–Kier alpha value is -2.98. The topological polar surface area (TPSA) is 65.2 Å². The highest BCUT2D eigenvalue weighted by Gasteiger charge is 2.25. The van der Waals surface area contributed by atoms with Gasteiger partial charge in [-0.25, -0.2) is 4.79 Å². The Bertz CT molecular complexity index is 1100. The van der Waals surface area contributed by atoms with Gasteiger partial charge in [-0.2, -0.15) is 0 Å². The molecule has 0 atom stereocenters. The van der Waals surface area contributed by atoms with Crippen LogP contribution in [0.25, 0.3) is 28.1 Å². The van der Waals surface area contributed by atoms with E-state index in [4.69, 9.17) is 15.5 Å². The van der Waals surface area contributed by atoms with Crippen LogP contribution < -0.4 is 5.73 Å². The van der Waals surface area contributed by atoms with E-state index in [0.717, 1.165) is 51.2 Å². The van der Waals surface area contributed by atoms with Gasteiger partial charge in [-0.15, -0.1) is 0 Å². The van der Waals surface area contributed by atoms with Crippen LogP contribution in [0.5, 0.6) is 0 Å². The van der Waals surface area contributed by atoms with Gasteiger partial charge in [0.2, 0.25) is 0 Å². The molecule has 1 aliphatic carbocycles. The molecule has 0 radical (unpaired) electrons. The zero-order valence-electron chi connectivity index (χ0n) is 17.7. The minimum absolute atomic E-state index is 0.336. The molecular formula is C26H28N2O2. The number of hydrogen-bond donors (Lipinski definition) is 1. The molecule has 0 spiro atoms. The smallest absolute Gasteiger partial charge is 0.330 e. The van der Waals surface area contributed by atoms with E-state index in [9.17, 15) is 4.79 Å². The molecule has 1 fully saturated rings. The van der Waals surface area contributed by atoms with Gasteiger partial charge in [-0.1, -0.05) is 35.9 Å². The fourth-order valence-electron chi connectivity index (χ4n) is 3.86. The van der Waals surface area contributed by atoms with Crippen molar-refractivity contribution in [3.63, 3.8) is 0 Å². The molecule has 1 heterocycles. The Morgan fingerprint density at radius 2 is 1.97 bits per heavy atom. The highest BCUT2D eigenvalue weighted by molar-refractivity contribution is 5.98. The normalized spacial score (nSPS) is 13.8. The number of hydrogen-bond acceptors (Lipinski definition) is 4. The Kier molecular flexibility index (Phi) is 5.96. The standard InChI is InChI=1S/C26H28N2O2/c1-3-30-25(29)13-9-18-8-12-23-21(14-18)26(20-10-4-17(2)5-11-20)22(16-27)24(28-23)15-19-6-7-19/h4-5,8-14,19H,3,6-7,15-16,27H2,1-2H3. The van der Waals surface area contributed by atoms with Crippen LogP contribution in [0.2, 0.25) is 0 Å². The molecule has 0 unspecified atom stereocenters. The number of fused-ring (bicyclic) bond motifs is 1. The summed E-state index contributed by atoms with van der Waals surface area (Å²) < 4.78 is 5.00. The predicted octanol–water partition coefficient (Wildman–Crippen LogP) is 5.20. The van der Waals surface area contributed by atoms with E-state index >= 15 is 0 Å². The minimum Gasteiger partial charge on any atom is -0.463 e. The fourth-order valence-corrected chi connectivity index (χ4v) is 3.86. The average molecular weight is 401 g/mol. The third-order valence-electron chi connectivity index (χ3n) is 5.62. The van der Waals surface area contributed by atoms with Gasteiger partial charge in [0.1, 0.15) is 0 Å². The monoisotopic (exact) mass is 400 g/mol. The molecule has 0 amide bonds. The van der Waals surface area contributed by atoms with Gasteiger partial charge in [-0.05, 0) is 79.5 Å². The minimum atomic E-state index is -0.336. The van der Waals surface area contributed by atoms with Crippen molar-refractivity contribution in [3.8, 4) is 11.1 Å². The fraction of sp³-hybridized carbons (Fsp3) is 0.308. The number of benzene rings is 2. The summed E-state index contributed by atoms with van der Waals surface area (Å²) in [6.07, 6.45) is 6.81. The summed E-state index contributed by atoms with van der Waals surface area (Å²) in [5.41, 5.74) is 13.9.